The maximum absolute atomic E-state index is 13.0. The predicted octanol–water partition coefficient (Wildman–Crippen LogP) is 10.7. The Kier molecular flexibility index (Phi) is 54.6. The van der Waals surface area contributed by atoms with E-state index in [-0.39, 0.29) is 126 Å². The van der Waals surface area contributed by atoms with Crippen molar-refractivity contribution in [2.75, 3.05) is 120 Å². The first-order chi connectivity index (χ1) is 67.9. The smallest absolute Gasteiger partial charge is 0.410 e. The fourth-order valence-corrected chi connectivity index (χ4v) is 16.6. The molecule has 0 radical (unpaired) electrons. The number of imidazole rings is 4. The van der Waals surface area contributed by atoms with E-state index in [1.807, 2.05) is 118 Å². The van der Waals surface area contributed by atoms with Crippen LogP contribution in [0.15, 0.2) is 96.4 Å². The van der Waals surface area contributed by atoms with Gasteiger partial charge in [-0.3, -0.25) is 101 Å². The van der Waals surface area contributed by atoms with Crippen molar-refractivity contribution in [3.8, 4) is 24.2 Å². The van der Waals surface area contributed by atoms with Crippen LogP contribution in [0.3, 0.4) is 0 Å². The molecule has 0 spiro atoms. The fourth-order valence-electron chi connectivity index (χ4n) is 16.0. The number of halogens is 2. The van der Waals surface area contributed by atoms with Gasteiger partial charge in [0.1, 0.15) is 63.3 Å². The Balaban J connectivity index is 0.000000376. The highest BCUT2D eigenvalue weighted by Crippen LogP contribution is 2.32. The van der Waals surface area contributed by atoms with Crippen molar-refractivity contribution in [3.05, 3.63) is 136 Å². The van der Waals surface area contributed by atoms with E-state index in [4.69, 9.17) is 48.9 Å². The van der Waals surface area contributed by atoms with Gasteiger partial charge in [0.25, 0.3) is 0 Å². The molecule has 0 aliphatic carbocycles. The molecule has 5 fully saturated rings. The van der Waals surface area contributed by atoms with Crippen LogP contribution in [0.2, 0.25) is 0 Å². The second-order valence-electron chi connectivity index (χ2n) is 37.2. The summed E-state index contributed by atoms with van der Waals surface area (Å²) in [6.07, 6.45) is 14.9. The van der Waals surface area contributed by atoms with Gasteiger partial charge in [0.05, 0.1) is 49.7 Å². The van der Waals surface area contributed by atoms with Crippen molar-refractivity contribution in [2.24, 2.45) is 28.2 Å². The molecule has 9 heterocycles. The topological polar surface area (TPSA) is 456 Å². The molecule has 46 heteroatoms. The van der Waals surface area contributed by atoms with Crippen LogP contribution < -0.4 is 49.3 Å². The number of carbonyl (C=O) groups excluding carboxylic acids is 11. The molecule has 5 N–H and O–H groups in total. The van der Waals surface area contributed by atoms with Gasteiger partial charge in [0.15, 0.2) is 0 Å². The van der Waals surface area contributed by atoms with Crippen LogP contribution in [0.4, 0.5) is 14.4 Å². The second-order valence-corrected chi connectivity index (χ2v) is 38.0. The summed E-state index contributed by atoms with van der Waals surface area (Å²) in [5, 5.41) is 12.4. The molecule has 4 aromatic heterocycles. The van der Waals surface area contributed by atoms with E-state index in [0.29, 0.717) is 125 Å². The van der Waals surface area contributed by atoms with Crippen molar-refractivity contribution >= 4 is 175 Å². The summed E-state index contributed by atoms with van der Waals surface area (Å²) in [6.45, 7) is 25.0. The zero-order valence-electron chi connectivity index (χ0n) is 86.3. The van der Waals surface area contributed by atoms with Gasteiger partial charge in [-0.25, -0.2) is 33.6 Å². The third-order valence-corrected chi connectivity index (χ3v) is 23.3. The first-order valence-corrected chi connectivity index (χ1v) is 51.4. The summed E-state index contributed by atoms with van der Waals surface area (Å²) in [7, 11) is 20.1. The number of aromatic nitrogens is 8. The number of fused-ring (bicyclic) bond motifs is 4. The summed E-state index contributed by atoms with van der Waals surface area (Å²) < 4.78 is 63.7. The van der Waals surface area contributed by atoms with Crippen molar-refractivity contribution in [2.45, 2.75) is 219 Å². The van der Waals surface area contributed by atoms with Crippen LogP contribution in [0.5, 0.6) is 0 Å². The van der Waals surface area contributed by atoms with Gasteiger partial charge in [0, 0.05) is 152 Å². The molecule has 40 nitrogen and oxygen atoms in total. The van der Waals surface area contributed by atoms with Gasteiger partial charge < -0.3 is 57.9 Å². The Bertz CT molecular complexity index is 6070. The Morgan fingerprint density at radius 3 is 1.08 bits per heavy atom. The maximum atomic E-state index is 13.0. The monoisotopic (exact) mass is 2180 g/mol. The normalized spacial score (nSPS) is 15.9. The fraction of sp³-hybridized carbons (Fsp3) is 0.566. The SMILES string of the molecule is C#CCOCCCN(C)C(=O)OC(C)(C)C.C1CCOC1.CN(CCCOCC#Cc1cccc2c1n(C)c(=O)n2C1CCC(=O)NC1=O)C(=O)OC(C)(C)C.CN(CCCOCCCc1cccc2c1n(C)c(=O)n2C1CCC(=O)NC1=O)C(=O)OC(C)(C)C.CNCCCOCCCc1cccc2c1n(C)c(=O)n2C1CCC(=O)NC1=O.Cl.Cn1c(=O)n(C2CCC(=O)NC2=O)c2cccc(Br)c21.O=P.P.PP. The van der Waals surface area contributed by atoms with E-state index >= 15 is 0 Å². The minimum atomic E-state index is -0.741. The average molecular weight is 2180 g/mol. The summed E-state index contributed by atoms with van der Waals surface area (Å²) in [6, 6.07) is 19.6. The molecule has 13 rings (SSSR count). The summed E-state index contributed by atoms with van der Waals surface area (Å²) in [5.74, 6) is 5.43. The molecule has 8 aromatic rings. The van der Waals surface area contributed by atoms with Crippen LogP contribution >= 0.6 is 65.2 Å². The number of benzene rings is 4. The standard InChI is InChI=1S/C25H36N4O6.C25H32N4O6.C20H28N4O4.C13H12BrN3O3.C12H21NO3.C4H8O.ClH.HOP.H4P2.H3P/c2*1-25(2,3)35-24(33)27(4)14-8-16-34-15-7-10-17-9-6-11-18-21(17)28(5)23(32)29(18)19-12-13-20(30)26-22(19)31;1-21-11-5-13-28-12-4-7-14-6-3-8-15-18(14)23(2)20(27)24(15)16-9-10-17(25)22-19(16)26;1-16-11-7(14)3-2-4-8(11)17(13(16)20)9-5-6-10(18)15-12(9)19;1-6-9-15-10-7-8-13(5)11(14)16-12(2,3)4;1-2-4-5-3-1;;2*1-2;/h6,9,11,19H,7-8,10,12-16H2,1-5H3,(H,26,30,31);6,9,11,19H,8,12-16H2,1-5H3,(H,26,30,31);3,6,8,16,21H,4-5,7,9-13H2,1-2H3,(H,22,25,26);2-4,9H,5-6H2,1H3,(H,15,18,19);1H,7-10H2,2-5H3;1-4H2;1H;2H;1-2H2;1H3. The van der Waals surface area contributed by atoms with Crippen molar-refractivity contribution < 1.29 is 95.2 Å². The number of para-hydroxylation sites is 4. The van der Waals surface area contributed by atoms with E-state index in [1.54, 1.807) is 96.8 Å². The van der Waals surface area contributed by atoms with Gasteiger partial charge >= 0.3 is 41.0 Å². The molecular weight excluding hydrogens is 2040 g/mol. The number of amides is 11. The van der Waals surface area contributed by atoms with Gasteiger partial charge in [-0.2, -0.15) is 9.90 Å². The third kappa shape index (κ3) is 38.2. The first kappa shape index (κ1) is 127. The van der Waals surface area contributed by atoms with E-state index in [0.717, 1.165) is 96.1 Å². The largest absolute Gasteiger partial charge is 0.444 e. The van der Waals surface area contributed by atoms with Crippen LogP contribution in [0.25, 0.3) is 44.1 Å². The lowest BCUT2D eigenvalue weighted by Crippen LogP contribution is -2.44. The number of aryl methyl sites for hydroxylation is 6. The van der Waals surface area contributed by atoms with Crippen molar-refractivity contribution in [1.29, 1.82) is 0 Å². The highest BCUT2D eigenvalue weighted by Gasteiger charge is 2.37. The summed E-state index contributed by atoms with van der Waals surface area (Å²) in [5.41, 5.74) is 5.77. The Labute approximate surface area is 870 Å². The quantitative estimate of drug-likeness (QED) is 0.00918. The minimum Gasteiger partial charge on any atom is -0.444 e. The second kappa shape index (κ2) is 62.5. The Morgan fingerprint density at radius 2 is 0.752 bits per heavy atom. The first-order valence-electron chi connectivity index (χ1n) is 47.5. The number of nitrogens with zero attached hydrogens (tertiary/aromatic N) is 11. The van der Waals surface area contributed by atoms with Crippen LogP contribution in [0.1, 0.15) is 206 Å². The molecule has 0 bridgehead atoms. The van der Waals surface area contributed by atoms with E-state index in [1.165, 1.54) is 50.0 Å². The van der Waals surface area contributed by atoms with Gasteiger partial charge in [0.2, 0.25) is 47.3 Å². The Hall–Kier alpha value is -10.6. The molecule has 5 saturated heterocycles. The zero-order valence-corrected chi connectivity index (χ0v) is 93.4. The minimum absolute atomic E-state index is 0. The highest BCUT2D eigenvalue weighted by atomic mass is 79.9. The predicted molar refractivity (Wildman–Crippen MR) is 574 cm³/mol. The number of terminal acetylenes is 1. The van der Waals surface area contributed by atoms with Crippen molar-refractivity contribution in [1.82, 2.24) is 77.8 Å². The molecule has 11 amide bonds. The number of rotatable bonds is 30. The lowest BCUT2D eigenvalue weighted by molar-refractivity contribution is -0.137. The number of piperidine rings is 4. The van der Waals surface area contributed by atoms with E-state index < -0.39 is 64.6 Å². The number of hydrogen-bond donors (Lipinski definition) is 5. The van der Waals surface area contributed by atoms with Crippen LogP contribution in [-0.4, -0.2) is 254 Å². The third-order valence-electron chi connectivity index (χ3n) is 22.7. The number of ether oxygens (including phenoxy) is 8. The molecule has 5 aliphatic heterocycles. The highest BCUT2D eigenvalue weighted by molar-refractivity contribution is 9.10. The number of carbonyl (C=O) groups is 11. The van der Waals surface area contributed by atoms with Crippen molar-refractivity contribution in [3.63, 3.8) is 0 Å². The van der Waals surface area contributed by atoms with Gasteiger partial charge in [-0.1, -0.05) is 54.2 Å². The maximum Gasteiger partial charge on any atom is 0.410 e. The number of imide groups is 4. The molecular formula is C99H146BrClN16O24P4. The average Bonchev–Trinajstić information content (AvgIpc) is 1.62. The van der Waals surface area contributed by atoms with Crippen LogP contribution in [-0.2, 0) is 122 Å². The molecule has 7 atom stereocenters. The molecule has 145 heavy (non-hydrogen) atoms. The van der Waals surface area contributed by atoms with E-state index in [2.05, 4.69) is 78.1 Å². The molecule has 5 aliphatic rings. The number of nitrogens with one attached hydrogen (secondary N) is 5. The summed E-state index contributed by atoms with van der Waals surface area (Å²) in [4.78, 5) is 186. The number of hydrogen-bond acceptors (Lipinski definition) is 25. The van der Waals surface area contributed by atoms with Crippen LogP contribution in [0, 0.1) is 24.2 Å². The van der Waals surface area contributed by atoms with E-state index in [9.17, 15) is 71.9 Å². The molecule has 0 saturated carbocycles. The molecule has 800 valence electrons. The van der Waals surface area contributed by atoms with Gasteiger partial charge in [-0.05, 0) is 229 Å². The molecule has 4 aromatic carbocycles. The lowest BCUT2D eigenvalue weighted by atomic mass is 10.0. The summed E-state index contributed by atoms with van der Waals surface area (Å²) >= 11 is 3.42. The molecule has 7 unspecified atom stereocenters. The van der Waals surface area contributed by atoms with Gasteiger partial charge in [-0.15, -0.1) is 36.7 Å². The zero-order chi connectivity index (χ0) is 106. The Morgan fingerprint density at radius 1 is 0.455 bits per heavy atom. The lowest BCUT2D eigenvalue weighted by Gasteiger charge is -2.24.